The van der Waals surface area contributed by atoms with Gasteiger partial charge in [0.1, 0.15) is 0 Å². The molecule has 0 bridgehead atoms. The Morgan fingerprint density at radius 3 is 2.56 bits per heavy atom. The van der Waals surface area contributed by atoms with Gasteiger partial charge in [0.2, 0.25) is 0 Å². The van der Waals surface area contributed by atoms with Crippen molar-refractivity contribution in [2.24, 2.45) is 10.7 Å². The van der Waals surface area contributed by atoms with Crippen LogP contribution in [0.4, 0.5) is 0 Å². The number of nitrogens with zero attached hydrogens (tertiary/aromatic N) is 2. The minimum absolute atomic E-state index is 0.122. The molecule has 1 saturated heterocycles. The third kappa shape index (κ3) is 5.25. The highest BCUT2D eigenvalue weighted by Crippen LogP contribution is 2.20. The summed E-state index contributed by atoms with van der Waals surface area (Å²) in [6.45, 7) is 10.8. The molecule has 1 fully saturated rings. The molecule has 0 aliphatic carbocycles. The van der Waals surface area contributed by atoms with E-state index in [0.717, 1.165) is 19.5 Å². The van der Waals surface area contributed by atoms with E-state index in [1.807, 2.05) is 0 Å². The van der Waals surface area contributed by atoms with Crippen molar-refractivity contribution in [2.45, 2.75) is 58.4 Å². The second kappa shape index (κ2) is 7.62. The summed E-state index contributed by atoms with van der Waals surface area (Å²) in [6.07, 6.45) is 6.33. The Labute approximate surface area is 112 Å². The van der Waals surface area contributed by atoms with Gasteiger partial charge in [0.05, 0.1) is 6.54 Å². The summed E-state index contributed by atoms with van der Waals surface area (Å²) < 4.78 is 0. The SMILES string of the molecule is CCCCNC(N)=NCC(C)(C)N1CCCCC1. The van der Waals surface area contributed by atoms with Crippen LogP contribution in [-0.4, -0.2) is 42.6 Å². The fraction of sp³-hybridized carbons (Fsp3) is 0.929. The van der Waals surface area contributed by atoms with Gasteiger partial charge in [0, 0.05) is 12.1 Å². The normalized spacial score (nSPS) is 18.9. The first kappa shape index (κ1) is 15.3. The van der Waals surface area contributed by atoms with E-state index in [1.54, 1.807) is 0 Å². The predicted molar refractivity (Wildman–Crippen MR) is 78.9 cm³/mol. The van der Waals surface area contributed by atoms with Crippen LogP contribution in [0.2, 0.25) is 0 Å². The number of hydrogen-bond acceptors (Lipinski definition) is 2. The van der Waals surface area contributed by atoms with Crippen LogP contribution < -0.4 is 11.1 Å². The quantitative estimate of drug-likeness (QED) is 0.433. The number of rotatable bonds is 6. The Kier molecular flexibility index (Phi) is 6.47. The molecule has 1 rings (SSSR count). The van der Waals surface area contributed by atoms with Gasteiger partial charge in [-0.2, -0.15) is 0 Å². The number of piperidine rings is 1. The second-order valence-corrected chi connectivity index (χ2v) is 5.84. The summed E-state index contributed by atoms with van der Waals surface area (Å²) in [5.74, 6) is 0.591. The number of nitrogens with one attached hydrogen (secondary N) is 1. The lowest BCUT2D eigenvalue weighted by molar-refractivity contribution is 0.102. The van der Waals surface area contributed by atoms with Gasteiger partial charge in [-0.3, -0.25) is 9.89 Å². The van der Waals surface area contributed by atoms with Crippen LogP contribution in [0.1, 0.15) is 52.9 Å². The molecule has 1 aliphatic rings. The van der Waals surface area contributed by atoms with E-state index in [4.69, 9.17) is 5.73 Å². The average molecular weight is 254 g/mol. The van der Waals surface area contributed by atoms with Gasteiger partial charge in [-0.1, -0.05) is 19.8 Å². The van der Waals surface area contributed by atoms with Gasteiger partial charge < -0.3 is 11.1 Å². The number of likely N-dealkylation sites (tertiary alicyclic amines) is 1. The Bertz CT molecular complexity index is 255. The van der Waals surface area contributed by atoms with Crippen LogP contribution in [0.25, 0.3) is 0 Å². The fourth-order valence-corrected chi connectivity index (χ4v) is 2.33. The van der Waals surface area contributed by atoms with Crippen molar-refractivity contribution in [1.82, 2.24) is 10.2 Å². The zero-order chi connectivity index (χ0) is 13.4. The van der Waals surface area contributed by atoms with Crippen LogP contribution >= 0.6 is 0 Å². The molecule has 106 valence electrons. The molecule has 1 heterocycles. The molecule has 0 radical (unpaired) electrons. The lowest BCUT2D eigenvalue weighted by Crippen LogP contribution is -2.49. The third-order valence-electron chi connectivity index (χ3n) is 3.68. The first-order chi connectivity index (χ1) is 8.56. The molecular formula is C14H30N4. The van der Waals surface area contributed by atoms with E-state index in [-0.39, 0.29) is 5.54 Å². The van der Waals surface area contributed by atoms with Gasteiger partial charge in [0.15, 0.2) is 5.96 Å². The number of hydrogen-bond donors (Lipinski definition) is 2. The predicted octanol–water partition coefficient (Wildman–Crippen LogP) is 1.96. The smallest absolute Gasteiger partial charge is 0.188 e. The molecular weight excluding hydrogens is 224 g/mol. The summed E-state index contributed by atoms with van der Waals surface area (Å²) in [6, 6.07) is 0. The van der Waals surface area contributed by atoms with Crippen molar-refractivity contribution in [2.75, 3.05) is 26.2 Å². The van der Waals surface area contributed by atoms with Crippen molar-refractivity contribution < 1.29 is 0 Å². The standard InChI is InChI=1S/C14H30N4/c1-4-5-9-16-13(15)17-12-14(2,3)18-10-7-6-8-11-18/h4-12H2,1-3H3,(H3,15,16,17). The van der Waals surface area contributed by atoms with Crippen molar-refractivity contribution in [3.63, 3.8) is 0 Å². The number of guanidine groups is 1. The van der Waals surface area contributed by atoms with E-state index in [9.17, 15) is 0 Å². The van der Waals surface area contributed by atoms with Crippen molar-refractivity contribution in [3.8, 4) is 0 Å². The van der Waals surface area contributed by atoms with Gasteiger partial charge in [-0.15, -0.1) is 0 Å². The number of unbranched alkanes of at least 4 members (excludes halogenated alkanes) is 1. The topological polar surface area (TPSA) is 53.6 Å². The Hall–Kier alpha value is -0.770. The van der Waals surface area contributed by atoms with Crippen molar-refractivity contribution >= 4 is 5.96 Å². The Morgan fingerprint density at radius 2 is 1.94 bits per heavy atom. The first-order valence-corrected chi connectivity index (χ1v) is 7.35. The molecule has 3 N–H and O–H groups in total. The number of aliphatic imine (C=N–C) groups is 1. The summed E-state index contributed by atoms with van der Waals surface area (Å²) in [4.78, 5) is 7.03. The van der Waals surface area contributed by atoms with Crippen molar-refractivity contribution in [3.05, 3.63) is 0 Å². The van der Waals surface area contributed by atoms with E-state index in [0.29, 0.717) is 5.96 Å². The largest absolute Gasteiger partial charge is 0.370 e. The Balaban J connectivity index is 2.36. The van der Waals surface area contributed by atoms with Crippen molar-refractivity contribution in [1.29, 1.82) is 0 Å². The molecule has 0 amide bonds. The monoisotopic (exact) mass is 254 g/mol. The van der Waals surface area contributed by atoms with E-state index < -0.39 is 0 Å². The summed E-state index contributed by atoms with van der Waals surface area (Å²) >= 11 is 0. The maximum absolute atomic E-state index is 5.87. The highest BCUT2D eigenvalue weighted by Gasteiger charge is 2.27. The summed E-state index contributed by atoms with van der Waals surface area (Å²) in [5.41, 5.74) is 5.99. The van der Waals surface area contributed by atoms with Crippen LogP contribution in [0, 0.1) is 0 Å². The molecule has 0 aromatic rings. The summed E-state index contributed by atoms with van der Waals surface area (Å²) in [7, 11) is 0. The van der Waals surface area contributed by atoms with Gasteiger partial charge >= 0.3 is 0 Å². The van der Waals surface area contributed by atoms with E-state index in [1.165, 1.54) is 38.8 Å². The molecule has 4 heteroatoms. The highest BCUT2D eigenvalue weighted by atomic mass is 15.2. The Morgan fingerprint density at radius 1 is 1.28 bits per heavy atom. The molecule has 0 aromatic heterocycles. The molecule has 0 atom stereocenters. The molecule has 0 saturated carbocycles. The molecule has 4 nitrogen and oxygen atoms in total. The fourth-order valence-electron chi connectivity index (χ4n) is 2.33. The van der Waals surface area contributed by atoms with Gasteiger partial charge in [-0.25, -0.2) is 0 Å². The molecule has 0 aromatic carbocycles. The molecule has 1 aliphatic heterocycles. The number of nitrogens with two attached hydrogens (primary N) is 1. The van der Waals surface area contributed by atoms with E-state index >= 15 is 0 Å². The molecule has 0 spiro atoms. The van der Waals surface area contributed by atoms with Gasteiger partial charge in [-0.05, 0) is 46.2 Å². The lowest BCUT2D eigenvalue weighted by Gasteiger charge is -2.40. The molecule has 18 heavy (non-hydrogen) atoms. The van der Waals surface area contributed by atoms with E-state index in [2.05, 4.69) is 36.0 Å². The zero-order valence-corrected chi connectivity index (χ0v) is 12.3. The maximum Gasteiger partial charge on any atom is 0.188 e. The van der Waals surface area contributed by atoms with Gasteiger partial charge in [0.25, 0.3) is 0 Å². The zero-order valence-electron chi connectivity index (χ0n) is 12.3. The van der Waals surface area contributed by atoms with Crippen LogP contribution in [-0.2, 0) is 0 Å². The first-order valence-electron chi connectivity index (χ1n) is 7.35. The minimum atomic E-state index is 0.122. The highest BCUT2D eigenvalue weighted by molar-refractivity contribution is 5.77. The second-order valence-electron chi connectivity index (χ2n) is 5.84. The molecule has 0 unspecified atom stereocenters. The van der Waals surface area contributed by atoms with Crippen LogP contribution in [0.5, 0.6) is 0 Å². The lowest BCUT2D eigenvalue weighted by atomic mass is 9.99. The average Bonchev–Trinajstić information content (AvgIpc) is 2.38. The van der Waals surface area contributed by atoms with Crippen LogP contribution in [0.3, 0.4) is 0 Å². The van der Waals surface area contributed by atoms with Crippen LogP contribution in [0.15, 0.2) is 4.99 Å². The summed E-state index contributed by atoms with van der Waals surface area (Å²) in [5, 5.41) is 3.17. The maximum atomic E-state index is 5.87. The minimum Gasteiger partial charge on any atom is -0.370 e. The third-order valence-corrected chi connectivity index (χ3v) is 3.68.